The number of para-hydroxylation sites is 1. The van der Waals surface area contributed by atoms with Crippen LogP contribution in [-0.2, 0) is 22.6 Å². The smallest absolute Gasteiger partial charge is 0.350 e. The summed E-state index contributed by atoms with van der Waals surface area (Å²) in [7, 11) is 0. The highest BCUT2D eigenvalue weighted by Crippen LogP contribution is 2.28. The van der Waals surface area contributed by atoms with Crippen molar-refractivity contribution in [3.63, 3.8) is 0 Å². The lowest BCUT2D eigenvalue weighted by Crippen LogP contribution is -2.37. The number of esters is 1. The van der Waals surface area contributed by atoms with Gasteiger partial charge in [0, 0.05) is 0 Å². The summed E-state index contributed by atoms with van der Waals surface area (Å²) in [6, 6.07) is 12.7. The Hall–Kier alpha value is -3.92. The predicted octanol–water partition coefficient (Wildman–Crippen LogP) is 4.02. The third-order valence-electron chi connectivity index (χ3n) is 5.38. The second-order valence-corrected chi connectivity index (χ2v) is 8.78. The number of thiazole rings is 1. The maximum atomic E-state index is 13.6. The van der Waals surface area contributed by atoms with E-state index in [0.717, 1.165) is 11.3 Å². The predicted molar refractivity (Wildman–Crippen MR) is 131 cm³/mol. The molecule has 0 saturated heterocycles. The Kier molecular flexibility index (Phi) is 7.02. The molecule has 0 aliphatic heterocycles. The number of nitrogens with zero attached hydrogens (tertiary/aromatic N) is 4. The maximum Gasteiger partial charge on any atom is 0.350 e. The standard InChI is InChI=1S/C25H23FN4O4S/c1-4-34-24(33)22-15(2)27-25(35-22)30(13-17-9-11-18(26)12-10-17)21(31)14-29-16(3)28-20-8-6-5-7-19(20)23(29)32/h5-12H,4,13-14H2,1-3H3. The molecule has 35 heavy (non-hydrogen) atoms. The number of hydrogen-bond donors (Lipinski definition) is 0. The van der Waals surface area contributed by atoms with Crippen LogP contribution >= 0.6 is 11.3 Å². The number of aromatic nitrogens is 3. The Bertz CT molecular complexity index is 1460. The van der Waals surface area contributed by atoms with Crippen LogP contribution in [0.4, 0.5) is 9.52 Å². The lowest BCUT2D eigenvalue weighted by molar-refractivity contribution is -0.119. The minimum atomic E-state index is -0.520. The van der Waals surface area contributed by atoms with E-state index in [9.17, 15) is 18.8 Å². The Labute approximate surface area is 204 Å². The molecule has 0 spiro atoms. The maximum absolute atomic E-state index is 13.6. The molecule has 0 aliphatic carbocycles. The van der Waals surface area contributed by atoms with Crippen molar-refractivity contribution in [3.8, 4) is 0 Å². The largest absolute Gasteiger partial charge is 0.462 e. The molecule has 2 aromatic heterocycles. The molecule has 0 radical (unpaired) electrons. The fourth-order valence-corrected chi connectivity index (χ4v) is 4.58. The highest BCUT2D eigenvalue weighted by atomic mass is 32.1. The molecule has 0 N–H and O–H groups in total. The van der Waals surface area contributed by atoms with Gasteiger partial charge in [0.05, 0.1) is 29.7 Å². The van der Waals surface area contributed by atoms with Gasteiger partial charge in [-0.25, -0.2) is 19.2 Å². The average molecular weight is 495 g/mol. The molecule has 0 saturated carbocycles. The number of hydrogen-bond acceptors (Lipinski definition) is 7. The quantitative estimate of drug-likeness (QED) is 0.360. The zero-order valence-electron chi connectivity index (χ0n) is 19.4. The van der Waals surface area contributed by atoms with Gasteiger partial charge in [0.2, 0.25) is 5.91 Å². The number of aryl methyl sites for hydroxylation is 2. The first-order valence-corrected chi connectivity index (χ1v) is 11.8. The number of benzene rings is 2. The van der Waals surface area contributed by atoms with Crippen molar-refractivity contribution in [2.24, 2.45) is 0 Å². The van der Waals surface area contributed by atoms with E-state index in [0.29, 0.717) is 32.9 Å². The number of rotatable bonds is 7. The first-order chi connectivity index (χ1) is 16.8. The first-order valence-electron chi connectivity index (χ1n) is 10.9. The van der Waals surface area contributed by atoms with Gasteiger partial charge in [-0.2, -0.15) is 0 Å². The summed E-state index contributed by atoms with van der Waals surface area (Å²) in [6.45, 7) is 5.03. The summed E-state index contributed by atoms with van der Waals surface area (Å²) in [5, 5.41) is 0.685. The van der Waals surface area contributed by atoms with Crippen LogP contribution in [0.3, 0.4) is 0 Å². The molecular formula is C25H23FN4O4S. The van der Waals surface area contributed by atoms with Gasteiger partial charge in [-0.15, -0.1) is 0 Å². The van der Waals surface area contributed by atoms with Gasteiger partial charge in [-0.1, -0.05) is 35.6 Å². The summed E-state index contributed by atoms with van der Waals surface area (Å²) < 4.78 is 19.8. The highest BCUT2D eigenvalue weighted by molar-refractivity contribution is 7.17. The molecule has 2 aromatic carbocycles. The number of fused-ring (bicyclic) bond motifs is 1. The Morgan fingerprint density at radius 3 is 2.51 bits per heavy atom. The van der Waals surface area contributed by atoms with Crippen LogP contribution in [-0.4, -0.2) is 33.0 Å². The minimum absolute atomic E-state index is 0.0726. The van der Waals surface area contributed by atoms with Crippen molar-refractivity contribution in [1.82, 2.24) is 14.5 Å². The Balaban J connectivity index is 1.73. The van der Waals surface area contributed by atoms with Crippen LogP contribution in [0.2, 0.25) is 0 Å². The molecule has 0 aliphatic rings. The van der Waals surface area contributed by atoms with Crippen LogP contribution in [0, 0.1) is 19.7 Å². The zero-order chi connectivity index (χ0) is 25.1. The van der Waals surface area contributed by atoms with Crippen LogP contribution in [0.1, 0.15) is 33.7 Å². The third-order valence-corrected chi connectivity index (χ3v) is 6.54. The molecule has 0 unspecified atom stereocenters. The van der Waals surface area contributed by atoms with Gasteiger partial charge in [0.25, 0.3) is 5.56 Å². The lowest BCUT2D eigenvalue weighted by Gasteiger charge is -2.21. The van der Waals surface area contributed by atoms with Gasteiger partial charge in [0.1, 0.15) is 23.1 Å². The molecule has 180 valence electrons. The van der Waals surface area contributed by atoms with Crippen molar-refractivity contribution in [2.75, 3.05) is 11.5 Å². The van der Waals surface area contributed by atoms with E-state index in [1.165, 1.54) is 21.6 Å². The van der Waals surface area contributed by atoms with Crippen molar-refractivity contribution in [3.05, 3.63) is 86.7 Å². The van der Waals surface area contributed by atoms with Crippen molar-refractivity contribution in [2.45, 2.75) is 33.9 Å². The van der Waals surface area contributed by atoms with E-state index < -0.39 is 17.7 Å². The monoisotopic (exact) mass is 494 g/mol. The lowest BCUT2D eigenvalue weighted by atomic mass is 10.2. The molecule has 10 heteroatoms. The van der Waals surface area contributed by atoms with Crippen LogP contribution < -0.4 is 10.5 Å². The molecule has 1 amide bonds. The van der Waals surface area contributed by atoms with E-state index >= 15 is 0 Å². The van der Waals surface area contributed by atoms with E-state index in [1.54, 1.807) is 57.2 Å². The molecule has 8 nitrogen and oxygen atoms in total. The highest BCUT2D eigenvalue weighted by Gasteiger charge is 2.25. The number of amides is 1. The molecular weight excluding hydrogens is 471 g/mol. The molecule has 0 bridgehead atoms. The van der Waals surface area contributed by atoms with Crippen molar-refractivity contribution >= 4 is 39.2 Å². The van der Waals surface area contributed by atoms with E-state index in [1.807, 2.05) is 0 Å². The first kappa shape index (κ1) is 24.2. The average Bonchev–Trinajstić information content (AvgIpc) is 3.22. The molecule has 4 rings (SSSR count). The van der Waals surface area contributed by atoms with Gasteiger partial charge < -0.3 is 4.74 Å². The minimum Gasteiger partial charge on any atom is -0.462 e. The number of carbonyl (C=O) groups is 2. The second-order valence-electron chi connectivity index (χ2n) is 7.81. The fraction of sp³-hybridized carbons (Fsp3) is 0.240. The van der Waals surface area contributed by atoms with Crippen LogP contribution in [0.15, 0.2) is 53.3 Å². The zero-order valence-corrected chi connectivity index (χ0v) is 20.3. The molecule has 2 heterocycles. The number of ether oxygens (including phenoxy) is 1. The van der Waals surface area contributed by atoms with Crippen LogP contribution in [0.25, 0.3) is 10.9 Å². The van der Waals surface area contributed by atoms with E-state index in [-0.39, 0.29) is 30.4 Å². The summed E-state index contributed by atoms with van der Waals surface area (Å²) in [4.78, 5) is 49.5. The Morgan fingerprint density at radius 2 is 1.80 bits per heavy atom. The van der Waals surface area contributed by atoms with Gasteiger partial charge >= 0.3 is 5.97 Å². The van der Waals surface area contributed by atoms with Crippen molar-refractivity contribution < 1.29 is 18.7 Å². The SMILES string of the molecule is CCOC(=O)c1sc(N(Cc2ccc(F)cc2)C(=O)Cn2c(C)nc3ccccc3c2=O)nc1C. The number of carbonyl (C=O) groups excluding carboxylic acids is 2. The third kappa shape index (κ3) is 5.12. The van der Waals surface area contributed by atoms with Gasteiger partial charge in [0.15, 0.2) is 5.13 Å². The Morgan fingerprint density at radius 1 is 1.09 bits per heavy atom. The van der Waals surface area contributed by atoms with E-state index in [2.05, 4.69) is 9.97 Å². The molecule has 0 atom stereocenters. The van der Waals surface area contributed by atoms with Crippen molar-refractivity contribution in [1.29, 1.82) is 0 Å². The van der Waals surface area contributed by atoms with E-state index in [4.69, 9.17) is 4.74 Å². The topological polar surface area (TPSA) is 94.4 Å². The molecule has 4 aromatic rings. The summed E-state index contributed by atoms with van der Waals surface area (Å²) >= 11 is 1.03. The summed E-state index contributed by atoms with van der Waals surface area (Å²) in [6.07, 6.45) is 0. The normalized spacial score (nSPS) is 11.0. The second kappa shape index (κ2) is 10.1. The van der Waals surface area contributed by atoms with Gasteiger partial charge in [-0.05, 0) is 50.6 Å². The molecule has 0 fully saturated rings. The van der Waals surface area contributed by atoms with Gasteiger partial charge in [-0.3, -0.25) is 19.1 Å². The fourth-order valence-electron chi connectivity index (χ4n) is 3.60. The number of halogens is 1. The summed E-state index contributed by atoms with van der Waals surface area (Å²) in [5.41, 5.74) is 1.31. The number of anilines is 1. The summed E-state index contributed by atoms with van der Waals surface area (Å²) in [5.74, 6) is -0.952. The van der Waals surface area contributed by atoms with Crippen LogP contribution in [0.5, 0.6) is 0 Å².